The number of tetrazole rings is 1. The number of methoxy groups -OCH3 is 1. The fraction of sp³-hybridized carbons (Fsp3) is 0.667. The summed E-state index contributed by atoms with van der Waals surface area (Å²) in [6, 6.07) is -1.69. The lowest BCUT2D eigenvalue weighted by molar-refractivity contribution is -0.139. The van der Waals surface area contributed by atoms with Crippen LogP contribution in [0.25, 0.3) is 0 Å². The number of hydrogen-bond acceptors (Lipinski definition) is 6. The fourth-order valence-electron chi connectivity index (χ4n) is 1.32. The van der Waals surface area contributed by atoms with Crippen molar-refractivity contribution in [3.05, 3.63) is 0 Å². The Hall–Kier alpha value is -2.23. The summed E-state index contributed by atoms with van der Waals surface area (Å²) in [6.07, 6.45) is 0.793. The van der Waals surface area contributed by atoms with Crippen LogP contribution in [-0.2, 0) is 16.6 Å². The average molecular weight is 272 g/mol. The van der Waals surface area contributed by atoms with Gasteiger partial charge in [0, 0.05) is 13.7 Å². The standard InChI is InChI=1S/C9H16N6O4/c1-15-13-8(12-14-15)11-9(18)10-6(7(16)17)4-3-5-19-2/h6H,3-5H2,1-2H3,(H,16,17)(H2,10,11,13,18). The van der Waals surface area contributed by atoms with Gasteiger partial charge in [-0.05, 0) is 18.1 Å². The molecule has 0 aliphatic rings. The van der Waals surface area contributed by atoms with Gasteiger partial charge in [-0.25, -0.2) is 9.59 Å². The number of urea groups is 1. The van der Waals surface area contributed by atoms with Gasteiger partial charge in [-0.1, -0.05) is 5.10 Å². The molecule has 1 aromatic rings. The first-order chi connectivity index (χ1) is 9.02. The normalized spacial score (nSPS) is 11.9. The Morgan fingerprint density at radius 3 is 2.79 bits per heavy atom. The van der Waals surface area contributed by atoms with Crippen LogP contribution in [0.2, 0.25) is 0 Å². The SMILES string of the molecule is COCCCC(NC(=O)Nc1nnn(C)n1)C(=O)O. The highest BCUT2D eigenvalue weighted by Gasteiger charge is 2.20. The van der Waals surface area contributed by atoms with Crippen molar-refractivity contribution in [2.75, 3.05) is 19.0 Å². The molecule has 0 saturated carbocycles. The summed E-state index contributed by atoms with van der Waals surface area (Å²) in [5.74, 6) is -1.11. The molecule has 1 rings (SSSR count). The van der Waals surface area contributed by atoms with Crippen LogP contribution in [0, 0.1) is 0 Å². The maximum atomic E-state index is 11.5. The molecule has 0 aliphatic carbocycles. The van der Waals surface area contributed by atoms with Crippen molar-refractivity contribution < 1.29 is 19.4 Å². The molecule has 0 saturated heterocycles. The molecule has 1 unspecified atom stereocenters. The predicted molar refractivity (Wildman–Crippen MR) is 63.5 cm³/mol. The quantitative estimate of drug-likeness (QED) is 0.554. The van der Waals surface area contributed by atoms with E-state index in [0.29, 0.717) is 13.0 Å². The molecule has 0 fully saturated rings. The molecule has 0 bridgehead atoms. The summed E-state index contributed by atoms with van der Waals surface area (Å²) < 4.78 is 4.82. The number of rotatable bonds is 7. The van der Waals surface area contributed by atoms with Crippen molar-refractivity contribution in [1.29, 1.82) is 0 Å². The van der Waals surface area contributed by atoms with E-state index in [1.807, 2.05) is 0 Å². The predicted octanol–water partition coefficient (Wildman–Crippen LogP) is -0.789. The smallest absolute Gasteiger partial charge is 0.326 e. The monoisotopic (exact) mass is 272 g/mol. The Morgan fingerprint density at radius 1 is 1.53 bits per heavy atom. The third-order valence-electron chi connectivity index (χ3n) is 2.18. The van der Waals surface area contributed by atoms with Crippen molar-refractivity contribution in [1.82, 2.24) is 25.5 Å². The van der Waals surface area contributed by atoms with E-state index < -0.39 is 18.0 Å². The lowest BCUT2D eigenvalue weighted by Crippen LogP contribution is -2.43. The average Bonchev–Trinajstić information content (AvgIpc) is 2.73. The van der Waals surface area contributed by atoms with Gasteiger partial charge in [0.05, 0.1) is 7.05 Å². The molecule has 3 N–H and O–H groups in total. The second-order valence-corrected chi connectivity index (χ2v) is 3.73. The number of aliphatic carboxylic acids is 1. The van der Waals surface area contributed by atoms with E-state index >= 15 is 0 Å². The van der Waals surface area contributed by atoms with E-state index in [1.54, 1.807) is 7.05 Å². The molecule has 0 spiro atoms. The lowest BCUT2D eigenvalue weighted by atomic mass is 10.1. The topological polar surface area (TPSA) is 131 Å². The maximum absolute atomic E-state index is 11.5. The molecule has 0 aliphatic heterocycles. The van der Waals surface area contributed by atoms with E-state index in [-0.39, 0.29) is 12.4 Å². The van der Waals surface area contributed by atoms with Gasteiger partial charge < -0.3 is 15.2 Å². The summed E-state index contributed by atoms with van der Waals surface area (Å²) in [5.41, 5.74) is 0. The van der Waals surface area contributed by atoms with Crippen LogP contribution >= 0.6 is 0 Å². The van der Waals surface area contributed by atoms with Crippen molar-refractivity contribution in [3.63, 3.8) is 0 Å². The first-order valence-corrected chi connectivity index (χ1v) is 5.56. The van der Waals surface area contributed by atoms with Crippen LogP contribution in [0.1, 0.15) is 12.8 Å². The Labute approximate surface area is 109 Å². The summed E-state index contributed by atoms with van der Waals surface area (Å²) in [4.78, 5) is 23.7. The molecular formula is C9H16N6O4. The number of carboxylic acid groups (broad SMARTS) is 1. The minimum Gasteiger partial charge on any atom is -0.480 e. The van der Waals surface area contributed by atoms with E-state index in [4.69, 9.17) is 9.84 Å². The zero-order valence-electron chi connectivity index (χ0n) is 10.7. The van der Waals surface area contributed by atoms with Crippen molar-refractivity contribution in [3.8, 4) is 0 Å². The highest BCUT2D eigenvalue weighted by Crippen LogP contribution is 1.99. The van der Waals surface area contributed by atoms with E-state index in [2.05, 4.69) is 26.0 Å². The molecule has 1 aromatic heterocycles. The van der Waals surface area contributed by atoms with Gasteiger partial charge >= 0.3 is 12.0 Å². The van der Waals surface area contributed by atoms with Crippen LogP contribution in [0.4, 0.5) is 10.7 Å². The number of carboxylic acids is 1. The molecule has 106 valence electrons. The summed E-state index contributed by atoms with van der Waals surface area (Å²) in [7, 11) is 3.07. The molecule has 0 aromatic carbocycles. The number of aryl methyl sites for hydroxylation is 1. The van der Waals surface area contributed by atoms with Crippen LogP contribution < -0.4 is 10.6 Å². The van der Waals surface area contributed by atoms with Gasteiger partial charge in [-0.2, -0.15) is 4.80 Å². The molecule has 1 atom stereocenters. The van der Waals surface area contributed by atoms with Gasteiger partial charge in [0.2, 0.25) is 0 Å². The second kappa shape index (κ2) is 7.26. The molecule has 19 heavy (non-hydrogen) atoms. The first-order valence-electron chi connectivity index (χ1n) is 5.56. The Bertz CT molecular complexity index is 434. The number of nitrogens with one attached hydrogen (secondary N) is 2. The lowest BCUT2D eigenvalue weighted by Gasteiger charge is -2.13. The highest BCUT2D eigenvalue weighted by molar-refractivity contribution is 5.90. The van der Waals surface area contributed by atoms with Gasteiger partial charge in [0.1, 0.15) is 6.04 Å². The third kappa shape index (κ3) is 5.29. The molecule has 2 amide bonds. The number of carbonyl (C=O) groups excluding carboxylic acids is 1. The second-order valence-electron chi connectivity index (χ2n) is 3.73. The number of amides is 2. The molecule has 0 radical (unpaired) electrons. The number of anilines is 1. The highest BCUT2D eigenvalue weighted by atomic mass is 16.5. The number of aromatic nitrogens is 4. The Kier molecular flexibility index (Phi) is 5.67. The molecule has 1 heterocycles. The van der Waals surface area contributed by atoms with Crippen molar-refractivity contribution in [2.45, 2.75) is 18.9 Å². The summed E-state index contributed by atoms with van der Waals surface area (Å²) in [6.45, 7) is 0.429. The third-order valence-corrected chi connectivity index (χ3v) is 2.18. The first kappa shape index (κ1) is 14.8. The molecular weight excluding hydrogens is 256 g/mol. The number of carbonyl (C=O) groups is 2. The van der Waals surface area contributed by atoms with E-state index in [0.717, 1.165) is 0 Å². The van der Waals surface area contributed by atoms with Crippen molar-refractivity contribution in [2.24, 2.45) is 7.05 Å². The van der Waals surface area contributed by atoms with E-state index in [9.17, 15) is 9.59 Å². The van der Waals surface area contributed by atoms with Gasteiger partial charge in [0.15, 0.2) is 0 Å². The number of ether oxygens (including phenoxy) is 1. The van der Waals surface area contributed by atoms with Crippen molar-refractivity contribution >= 4 is 17.9 Å². The van der Waals surface area contributed by atoms with Gasteiger partial charge in [0.25, 0.3) is 5.95 Å². The minimum atomic E-state index is -1.11. The summed E-state index contributed by atoms with van der Waals surface area (Å²) >= 11 is 0. The van der Waals surface area contributed by atoms with E-state index in [1.165, 1.54) is 11.9 Å². The Balaban J connectivity index is 2.44. The van der Waals surface area contributed by atoms with Gasteiger partial charge in [-0.15, -0.1) is 5.10 Å². The summed E-state index contributed by atoms with van der Waals surface area (Å²) in [5, 5.41) is 24.4. The molecule has 10 nitrogen and oxygen atoms in total. The number of nitrogens with zero attached hydrogens (tertiary/aromatic N) is 4. The fourth-order valence-corrected chi connectivity index (χ4v) is 1.32. The zero-order valence-corrected chi connectivity index (χ0v) is 10.7. The Morgan fingerprint density at radius 2 is 2.26 bits per heavy atom. The van der Waals surface area contributed by atoms with Gasteiger partial charge in [-0.3, -0.25) is 5.32 Å². The van der Waals surface area contributed by atoms with Crippen LogP contribution in [-0.4, -0.2) is 57.1 Å². The maximum Gasteiger partial charge on any atom is 0.326 e. The number of hydrogen-bond donors (Lipinski definition) is 3. The van der Waals surface area contributed by atoms with Crippen LogP contribution in [0.3, 0.4) is 0 Å². The molecule has 10 heteroatoms. The van der Waals surface area contributed by atoms with Crippen LogP contribution in [0.5, 0.6) is 0 Å². The van der Waals surface area contributed by atoms with Crippen LogP contribution in [0.15, 0.2) is 0 Å². The zero-order chi connectivity index (χ0) is 14.3. The minimum absolute atomic E-state index is 0.000954. The largest absolute Gasteiger partial charge is 0.480 e.